The Labute approximate surface area is 144 Å². The first kappa shape index (κ1) is 14.8. The van der Waals surface area contributed by atoms with Crippen molar-refractivity contribution < 1.29 is 4.79 Å². The number of carbonyl (C=O) groups is 1. The molecule has 3 nitrogen and oxygen atoms in total. The van der Waals surface area contributed by atoms with E-state index in [2.05, 4.69) is 28.8 Å². The van der Waals surface area contributed by atoms with Crippen molar-refractivity contribution in [2.24, 2.45) is 17.8 Å². The van der Waals surface area contributed by atoms with E-state index in [0.717, 1.165) is 36.3 Å². The minimum Gasteiger partial charge on any atom is -0.332 e. The fourth-order valence-corrected chi connectivity index (χ4v) is 6.56. The Kier molecular flexibility index (Phi) is 3.39. The fraction of sp³-hybridized carbons (Fsp3) is 0.667. The zero-order chi connectivity index (χ0) is 16.1. The van der Waals surface area contributed by atoms with E-state index in [1.165, 1.54) is 62.5 Å². The number of fused-ring (bicyclic) bond motifs is 1. The summed E-state index contributed by atoms with van der Waals surface area (Å²) in [6, 6.07) is 6.40. The molecule has 0 saturated heterocycles. The van der Waals surface area contributed by atoms with E-state index in [-0.39, 0.29) is 11.6 Å². The van der Waals surface area contributed by atoms with Gasteiger partial charge in [-0.2, -0.15) is 0 Å². The topological polar surface area (TPSA) is 41.1 Å². The maximum absolute atomic E-state index is 12.8. The predicted octanol–water partition coefficient (Wildman–Crippen LogP) is 4.66. The number of rotatable bonds is 2. The monoisotopic (exact) mass is 324 g/mol. The van der Waals surface area contributed by atoms with Gasteiger partial charge in [0.05, 0.1) is 0 Å². The number of hydrogen-bond donors (Lipinski definition) is 2. The Morgan fingerprint density at radius 3 is 2.33 bits per heavy atom. The van der Waals surface area contributed by atoms with Crippen molar-refractivity contribution in [3.05, 3.63) is 29.3 Å². The maximum atomic E-state index is 12.8. The lowest BCUT2D eigenvalue weighted by Crippen LogP contribution is -2.60. The molecule has 3 heteroatoms. The molecule has 0 aliphatic heterocycles. The molecule has 1 aromatic rings. The highest BCUT2D eigenvalue weighted by Crippen LogP contribution is 2.55. The summed E-state index contributed by atoms with van der Waals surface area (Å²) in [6.07, 6.45) is 12.6. The van der Waals surface area contributed by atoms with Crippen molar-refractivity contribution >= 4 is 11.7 Å². The van der Waals surface area contributed by atoms with Gasteiger partial charge in [0.15, 0.2) is 0 Å². The summed E-state index contributed by atoms with van der Waals surface area (Å²) in [5.41, 5.74) is 3.92. The van der Waals surface area contributed by atoms with E-state index in [4.69, 9.17) is 0 Å². The van der Waals surface area contributed by atoms with Gasteiger partial charge < -0.3 is 10.6 Å². The second-order valence-electron chi connectivity index (χ2n) is 8.93. The van der Waals surface area contributed by atoms with Crippen LogP contribution >= 0.6 is 0 Å². The normalized spacial score (nSPS) is 36.2. The quantitative estimate of drug-likeness (QED) is 0.816. The lowest BCUT2D eigenvalue weighted by Gasteiger charge is -2.56. The second-order valence-corrected chi connectivity index (χ2v) is 8.93. The molecule has 1 aromatic carbocycles. The van der Waals surface area contributed by atoms with Crippen molar-refractivity contribution in [2.75, 3.05) is 5.32 Å². The van der Waals surface area contributed by atoms with E-state index < -0.39 is 0 Å². The van der Waals surface area contributed by atoms with Crippen LogP contribution in [0.25, 0.3) is 0 Å². The van der Waals surface area contributed by atoms with Gasteiger partial charge in [-0.05, 0) is 99.2 Å². The van der Waals surface area contributed by atoms with Gasteiger partial charge in [-0.25, -0.2) is 4.79 Å². The first-order valence-electron chi connectivity index (χ1n) is 9.89. The molecule has 0 aromatic heterocycles. The molecule has 2 amide bonds. The van der Waals surface area contributed by atoms with Crippen molar-refractivity contribution in [3.63, 3.8) is 0 Å². The second kappa shape index (κ2) is 5.50. The summed E-state index contributed by atoms with van der Waals surface area (Å²) >= 11 is 0. The van der Waals surface area contributed by atoms with Crippen molar-refractivity contribution in [1.29, 1.82) is 0 Å². The van der Waals surface area contributed by atoms with Crippen LogP contribution in [0.3, 0.4) is 0 Å². The van der Waals surface area contributed by atoms with Crippen LogP contribution in [0.1, 0.15) is 62.5 Å². The first-order valence-corrected chi connectivity index (χ1v) is 9.89. The number of nitrogens with one attached hydrogen (secondary N) is 2. The predicted molar refractivity (Wildman–Crippen MR) is 96.1 cm³/mol. The summed E-state index contributed by atoms with van der Waals surface area (Å²) < 4.78 is 0. The van der Waals surface area contributed by atoms with Gasteiger partial charge in [-0.15, -0.1) is 0 Å². The molecule has 6 rings (SSSR count). The van der Waals surface area contributed by atoms with E-state index in [0.29, 0.717) is 0 Å². The third-order valence-electron chi connectivity index (χ3n) is 7.06. The lowest BCUT2D eigenvalue weighted by molar-refractivity contribution is -0.0127. The molecule has 128 valence electrons. The summed E-state index contributed by atoms with van der Waals surface area (Å²) in [5, 5.41) is 6.62. The minimum atomic E-state index is 0.0240. The molecule has 4 saturated carbocycles. The van der Waals surface area contributed by atoms with E-state index in [9.17, 15) is 4.79 Å². The van der Waals surface area contributed by atoms with Crippen molar-refractivity contribution in [1.82, 2.24) is 5.32 Å². The molecule has 0 atom stereocenters. The van der Waals surface area contributed by atoms with Crippen LogP contribution in [-0.2, 0) is 12.8 Å². The van der Waals surface area contributed by atoms with Gasteiger partial charge in [0.1, 0.15) is 0 Å². The summed E-state index contributed by atoms with van der Waals surface area (Å²) in [5.74, 6) is 2.59. The number of urea groups is 1. The molecule has 4 bridgehead atoms. The molecule has 0 spiro atoms. The number of benzene rings is 1. The molecular weight excluding hydrogens is 296 g/mol. The van der Waals surface area contributed by atoms with Gasteiger partial charge >= 0.3 is 6.03 Å². The molecule has 2 N–H and O–H groups in total. The van der Waals surface area contributed by atoms with Gasteiger partial charge in [0.2, 0.25) is 0 Å². The maximum Gasteiger partial charge on any atom is 0.319 e. The van der Waals surface area contributed by atoms with Gasteiger partial charge in [0.25, 0.3) is 0 Å². The van der Waals surface area contributed by atoms with E-state index in [1.807, 2.05) is 0 Å². The molecule has 4 fully saturated rings. The third-order valence-corrected chi connectivity index (χ3v) is 7.06. The summed E-state index contributed by atoms with van der Waals surface area (Å²) in [6.45, 7) is 0. The largest absolute Gasteiger partial charge is 0.332 e. The molecule has 0 unspecified atom stereocenters. The summed E-state index contributed by atoms with van der Waals surface area (Å²) in [4.78, 5) is 12.8. The zero-order valence-electron chi connectivity index (χ0n) is 14.4. The molecule has 0 heterocycles. The van der Waals surface area contributed by atoms with Crippen molar-refractivity contribution in [2.45, 2.75) is 69.7 Å². The number of aryl methyl sites for hydroxylation is 1. The van der Waals surface area contributed by atoms with E-state index >= 15 is 0 Å². The number of carbonyl (C=O) groups excluding carboxylic acids is 1. The first-order chi connectivity index (χ1) is 11.7. The van der Waals surface area contributed by atoms with Crippen LogP contribution in [0.15, 0.2) is 18.2 Å². The van der Waals surface area contributed by atoms with Crippen LogP contribution in [-0.4, -0.2) is 11.6 Å². The molecule has 24 heavy (non-hydrogen) atoms. The van der Waals surface area contributed by atoms with Gasteiger partial charge in [0, 0.05) is 11.2 Å². The SMILES string of the molecule is O=C(Nc1cccc2c1CCCC2)NC12CC3CC(CC(C3)C1)C2. The fourth-order valence-electron chi connectivity index (χ4n) is 6.56. The molecule has 5 aliphatic carbocycles. The van der Waals surface area contributed by atoms with Gasteiger partial charge in [-0.3, -0.25) is 0 Å². The van der Waals surface area contributed by atoms with Crippen LogP contribution in [0.4, 0.5) is 10.5 Å². The molecular formula is C21H28N2O. The highest BCUT2D eigenvalue weighted by atomic mass is 16.2. The van der Waals surface area contributed by atoms with Crippen LogP contribution in [0, 0.1) is 17.8 Å². The number of amides is 2. The Morgan fingerprint density at radius 2 is 1.62 bits per heavy atom. The summed E-state index contributed by atoms with van der Waals surface area (Å²) in [7, 11) is 0. The van der Waals surface area contributed by atoms with Gasteiger partial charge in [-0.1, -0.05) is 12.1 Å². The Balaban J connectivity index is 1.32. The van der Waals surface area contributed by atoms with E-state index in [1.54, 1.807) is 0 Å². The highest BCUT2D eigenvalue weighted by molar-refractivity contribution is 5.91. The Hall–Kier alpha value is -1.51. The number of anilines is 1. The van der Waals surface area contributed by atoms with Crippen LogP contribution in [0.5, 0.6) is 0 Å². The average Bonchev–Trinajstić information content (AvgIpc) is 2.53. The molecule has 0 radical (unpaired) electrons. The number of hydrogen-bond acceptors (Lipinski definition) is 1. The zero-order valence-corrected chi connectivity index (χ0v) is 14.4. The van der Waals surface area contributed by atoms with Crippen LogP contribution < -0.4 is 10.6 Å². The Morgan fingerprint density at radius 1 is 0.958 bits per heavy atom. The minimum absolute atomic E-state index is 0.0240. The highest BCUT2D eigenvalue weighted by Gasteiger charge is 2.51. The standard InChI is InChI=1S/C21H28N2O/c24-20(22-19-7-3-5-17-4-1-2-6-18(17)19)23-21-11-14-8-15(12-21)10-16(9-14)13-21/h3,5,7,14-16H,1-2,4,6,8-13H2,(H2,22,23,24). The third kappa shape index (κ3) is 2.53. The van der Waals surface area contributed by atoms with Crippen LogP contribution in [0.2, 0.25) is 0 Å². The Bertz CT molecular complexity index is 631. The van der Waals surface area contributed by atoms with Crippen molar-refractivity contribution in [3.8, 4) is 0 Å². The smallest absolute Gasteiger partial charge is 0.319 e. The average molecular weight is 324 g/mol. The molecule has 5 aliphatic rings. The lowest BCUT2D eigenvalue weighted by atomic mass is 9.53.